The first-order valence-corrected chi connectivity index (χ1v) is 12.0. The Morgan fingerprint density at radius 1 is 1.24 bits per heavy atom. The van der Waals surface area contributed by atoms with Crippen LogP contribution < -0.4 is 15.0 Å². The van der Waals surface area contributed by atoms with E-state index in [0.717, 1.165) is 11.3 Å². The number of anilines is 1. The highest BCUT2D eigenvalue weighted by molar-refractivity contribution is 5.69. The van der Waals surface area contributed by atoms with Crippen molar-refractivity contribution in [2.24, 2.45) is 0 Å². The van der Waals surface area contributed by atoms with Crippen molar-refractivity contribution in [1.82, 2.24) is 5.32 Å². The zero-order chi connectivity index (χ0) is 27.1. The van der Waals surface area contributed by atoms with Crippen molar-refractivity contribution in [2.75, 3.05) is 38.4 Å². The zero-order valence-corrected chi connectivity index (χ0v) is 21.6. The Kier molecular flexibility index (Phi) is 9.32. The summed E-state index contributed by atoms with van der Waals surface area (Å²) < 4.78 is 36.3. The molecule has 2 aromatic carbocycles. The Bertz CT molecular complexity index is 1090. The number of amides is 1. The van der Waals surface area contributed by atoms with Gasteiger partial charge in [0, 0.05) is 25.2 Å². The summed E-state index contributed by atoms with van der Waals surface area (Å²) in [7, 11) is 1.42. The molecule has 1 aliphatic heterocycles. The number of aliphatic hydroxyl groups is 1. The Morgan fingerprint density at radius 2 is 1.92 bits per heavy atom. The van der Waals surface area contributed by atoms with Gasteiger partial charge in [0.2, 0.25) is 0 Å². The van der Waals surface area contributed by atoms with Gasteiger partial charge in [-0.2, -0.15) is 5.26 Å². The third-order valence-electron chi connectivity index (χ3n) is 5.75. The predicted molar refractivity (Wildman–Crippen MR) is 135 cm³/mol. The number of nitriles is 1. The fourth-order valence-electron chi connectivity index (χ4n) is 3.82. The first-order valence-electron chi connectivity index (χ1n) is 12.0. The van der Waals surface area contributed by atoms with Gasteiger partial charge in [-0.3, -0.25) is 0 Å². The molecule has 1 saturated heterocycles. The van der Waals surface area contributed by atoms with E-state index in [-0.39, 0.29) is 25.6 Å². The topological polar surface area (TPSA) is 113 Å². The monoisotopic (exact) mass is 515 g/mol. The van der Waals surface area contributed by atoms with Crippen LogP contribution in [0, 0.1) is 17.1 Å². The van der Waals surface area contributed by atoms with Crippen LogP contribution in [-0.4, -0.2) is 62.1 Å². The lowest BCUT2D eigenvalue weighted by Gasteiger charge is -2.40. The van der Waals surface area contributed by atoms with Crippen LogP contribution in [0.15, 0.2) is 42.5 Å². The van der Waals surface area contributed by atoms with Crippen molar-refractivity contribution in [1.29, 1.82) is 5.26 Å². The van der Waals surface area contributed by atoms with E-state index in [1.807, 2.05) is 17.0 Å². The van der Waals surface area contributed by atoms with Crippen molar-refractivity contribution < 1.29 is 33.2 Å². The van der Waals surface area contributed by atoms with Gasteiger partial charge >= 0.3 is 6.09 Å². The summed E-state index contributed by atoms with van der Waals surface area (Å²) in [6, 6.07) is 14.0. The Labute approximate surface area is 216 Å². The van der Waals surface area contributed by atoms with Crippen molar-refractivity contribution in [3.8, 4) is 11.8 Å². The van der Waals surface area contributed by atoms with Crippen molar-refractivity contribution >= 4 is 11.8 Å². The number of benzene rings is 2. The molecule has 0 radical (unpaired) electrons. The maximum atomic E-state index is 14.3. The van der Waals surface area contributed by atoms with Gasteiger partial charge in [-0.1, -0.05) is 6.07 Å². The number of ether oxygens (including phenoxy) is 4. The number of rotatable bonds is 9. The number of aliphatic hydroxyl groups excluding tert-OH is 1. The zero-order valence-electron chi connectivity index (χ0n) is 21.6. The average Bonchev–Trinajstić information content (AvgIpc) is 2.86. The number of alkyl carbamates (subject to hydrolysis) is 1. The maximum absolute atomic E-state index is 14.3. The lowest BCUT2D eigenvalue weighted by molar-refractivity contribution is -0.218. The van der Waals surface area contributed by atoms with Gasteiger partial charge < -0.3 is 34.3 Å². The molecule has 0 atom stereocenters. The van der Waals surface area contributed by atoms with Crippen molar-refractivity contribution in [3.63, 3.8) is 0 Å². The lowest BCUT2D eigenvalue weighted by atomic mass is 10.0. The van der Waals surface area contributed by atoms with E-state index in [4.69, 9.17) is 24.2 Å². The van der Waals surface area contributed by atoms with Crippen LogP contribution in [0.2, 0.25) is 0 Å². The summed E-state index contributed by atoms with van der Waals surface area (Å²) in [5, 5.41) is 21.7. The van der Waals surface area contributed by atoms with E-state index in [9.17, 15) is 14.3 Å². The quantitative estimate of drug-likeness (QED) is 0.520. The standard InChI is InChI=1S/C27H34FN3O6/c1-26(2,3)37-25(33)30-27(16-32)17-35-24(36-18-27)11-12-31(21-8-5-19(14-29)6-9-21)15-20-7-10-23(34-4)22(28)13-20/h5-10,13,24,32H,11-12,15-18H2,1-4H3,(H,30,33). The van der Waals surface area contributed by atoms with Crippen LogP contribution in [0.25, 0.3) is 0 Å². The highest BCUT2D eigenvalue weighted by Gasteiger charge is 2.39. The van der Waals surface area contributed by atoms with Crippen molar-refractivity contribution in [3.05, 3.63) is 59.4 Å². The molecular weight excluding hydrogens is 481 g/mol. The summed E-state index contributed by atoms with van der Waals surface area (Å²) in [5.74, 6) is -0.276. The summed E-state index contributed by atoms with van der Waals surface area (Å²) in [6.45, 7) is 5.88. The van der Waals surface area contributed by atoms with Crippen LogP contribution in [0.5, 0.6) is 5.75 Å². The number of methoxy groups -OCH3 is 1. The fraction of sp³-hybridized carbons (Fsp3) is 0.481. The van der Waals surface area contributed by atoms with Gasteiger partial charge in [0.05, 0.1) is 38.6 Å². The SMILES string of the molecule is COc1ccc(CN(CCC2OCC(CO)(NC(=O)OC(C)(C)C)CO2)c2ccc(C#N)cc2)cc1F. The fourth-order valence-corrected chi connectivity index (χ4v) is 3.82. The van der Waals surface area contributed by atoms with Gasteiger partial charge in [0.15, 0.2) is 17.9 Å². The molecule has 9 nitrogen and oxygen atoms in total. The van der Waals surface area contributed by atoms with Gasteiger partial charge in [-0.25, -0.2) is 9.18 Å². The second kappa shape index (κ2) is 12.2. The second-order valence-corrected chi connectivity index (χ2v) is 9.95. The number of hydrogen-bond donors (Lipinski definition) is 2. The molecule has 1 fully saturated rings. The van der Waals surface area contributed by atoms with E-state index in [1.54, 1.807) is 45.0 Å². The molecule has 0 saturated carbocycles. The largest absolute Gasteiger partial charge is 0.494 e. The van der Waals surface area contributed by atoms with E-state index >= 15 is 0 Å². The average molecular weight is 516 g/mol. The number of carbonyl (C=O) groups excluding carboxylic acids is 1. The van der Waals surface area contributed by atoms with Gasteiger partial charge in [0.25, 0.3) is 0 Å². The smallest absolute Gasteiger partial charge is 0.408 e. The molecule has 2 aromatic rings. The Hall–Kier alpha value is -3.39. The highest BCUT2D eigenvalue weighted by Crippen LogP contribution is 2.24. The molecule has 37 heavy (non-hydrogen) atoms. The second-order valence-electron chi connectivity index (χ2n) is 9.95. The van der Waals surface area contributed by atoms with E-state index < -0.39 is 29.3 Å². The normalized spacial score (nSPS) is 19.5. The van der Waals surface area contributed by atoms with E-state index in [2.05, 4.69) is 11.4 Å². The van der Waals surface area contributed by atoms with Crippen LogP contribution in [0.4, 0.5) is 14.9 Å². The third kappa shape index (κ3) is 8.05. The molecule has 0 aromatic heterocycles. The molecule has 0 unspecified atom stereocenters. The molecule has 0 spiro atoms. The number of halogens is 1. The summed E-state index contributed by atoms with van der Waals surface area (Å²) in [5.41, 5.74) is 0.348. The first kappa shape index (κ1) is 28.2. The first-order chi connectivity index (χ1) is 17.6. The molecule has 0 aliphatic carbocycles. The number of carbonyl (C=O) groups is 1. The summed E-state index contributed by atoms with van der Waals surface area (Å²) in [4.78, 5) is 14.2. The van der Waals surface area contributed by atoms with Gasteiger partial charge in [0.1, 0.15) is 11.1 Å². The number of nitrogens with zero attached hydrogens (tertiary/aromatic N) is 2. The minimum absolute atomic E-state index is 0.0496. The van der Waals surface area contributed by atoms with Crippen molar-refractivity contribution in [2.45, 2.75) is 51.2 Å². The molecule has 0 bridgehead atoms. The Morgan fingerprint density at radius 3 is 2.46 bits per heavy atom. The van der Waals surface area contributed by atoms with Crippen LogP contribution in [0.1, 0.15) is 38.3 Å². The van der Waals surface area contributed by atoms with E-state index in [1.165, 1.54) is 13.2 Å². The molecule has 2 N–H and O–H groups in total. The van der Waals surface area contributed by atoms with E-state index in [0.29, 0.717) is 25.1 Å². The van der Waals surface area contributed by atoms with Crippen LogP contribution in [-0.2, 0) is 20.8 Å². The van der Waals surface area contributed by atoms with Crippen LogP contribution in [0.3, 0.4) is 0 Å². The third-order valence-corrected chi connectivity index (χ3v) is 5.75. The number of hydrogen-bond acceptors (Lipinski definition) is 8. The molecular formula is C27H34FN3O6. The predicted octanol–water partition coefficient (Wildman–Crippen LogP) is 3.73. The number of nitrogens with one attached hydrogen (secondary N) is 1. The minimum atomic E-state index is -1.10. The lowest BCUT2D eigenvalue weighted by Crippen LogP contribution is -2.62. The van der Waals surface area contributed by atoms with Crippen LogP contribution >= 0.6 is 0 Å². The van der Waals surface area contributed by atoms with Gasteiger partial charge in [-0.05, 0) is 62.7 Å². The molecule has 10 heteroatoms. The molecule has 200 valence electrons. The molecule has 1 amide bonds. The highest BCUT2D eigenvalue weighted by atomic mass is 19.1. The minimum Gasteiger partial charge on any atom is -0.494 e. The Balaban J connectivity index is 1.65. The summed E-state index contributed by atoms with van der Waals surface area (Å²) in [6.07, 6.45) is -0.772. The molecule has 1 aliphatic rings. The molecule has 3 rings (SSSR count). The van der Waals surface area contributed by atoms with Gasteiger partial charge in [-0.15, -0.1) is 0 Å². The summed E-state index contributed by atoms with van der Waals surface area (Å²) >= 11 is 0. The molecule has 1 heterocycles. The maximum Gasteiger partial charge on any atom is 0.408 e.